The first-order valence-electron chi connectivity index (χ1n) is 6.94. The third kappa shape index (κ3) is 5.38. The fourth-order valence-electron chi connectivity index (χ4n) is 1.98. The van der Waals surface area contributed by atoms with Gasteiger partial charge >= 0.3 is 0 Å². The molecule has 0 unspecified atom stereocenters. The van der Waals surface area contributed by atoms with Gasteiger partial charge in [-0.3, -0.25) is 9.59 Å². The molecule has 1 aliphatic heterocycles. The van der Waals surface area contributed by atoms with Crippen LogP contribution in [0.3, 0.4) is 0 Å². The van der Waals surface area contributed by atoms with Crippen molar-refractivity contribution >= 4 is 17.5 Å². The van der Waals surface area contributed by atoms with Crippen molar-refractivity contribution in [2.45, 2.75) is 45.4 Å². The highest BCUT2D eigenvalue weighted by molar-refractivity contribution is 6.39. The fraction of sp³-hybridized carbons (Fsp3) is 0.769. The van der Waals surface area contributed by atoms with E-state index in [2.05, 4.69) is 17.5 Å². The van der Waals surface area contributed by atoms with Gasteiger partial charge in [0.1, 0.15) is 5.71 Å². The molecule has 2 amide bonds. The molecule has 0 aliphatic carbocycles. The summed E-state index contributed by atoms with van der Waals surface area (Å²) in [6, 6.07) is 0. The zero-order valence-electron chi connectivity index (χ0n) is 11.5. The van der Waals surface area contributed by atoms with E-state index in [0.717, 1.165) is 25.7 Å². The number of aliphatic hydroxyl groups is 1. The Bertz CT molecular complexity index is 342. The molecule has 108 valence electrons. The van der Waals surface area contributed by atoms with Gasteiger partial charge in [0.2, 0.25) is 5.91 Å². The van der Waals surface area contributed by atoms with Gasteiger partial charge in [-0.05, 0) is 6.42 Å². The number of amides is 2. The molecular formula is C13H23N3O3. The molecule has 19 heavy (non-hydrogen) atoms. The third-order valence-corrected chi connectivity index (χ3v) is 3.09. The quantitative estimate of drug-likeness (QED) is 0.635. The van der Waals surface area contributed by atoms with Gasteiger partial charge in [-0.2, -0.15) is 5.10 Å². The van der Waals surface area contributed by atoms with Crippen molar-refractivity contribution in [2.75, 3.05) is 19.7 Å². The topological polar surface area (TPSA) is 82.0 Å². The van der Waals surface area contributed by atoms with Gasteiger partial charge in [0, 0.05) is 25.9 Å². The highest BCUT2D eigenvalue weighted by Crippen LogP contribution is 2.06. The third-order valence-electron chi connectivity index (χ3n) is 3.09. The summed E-state index contributed by atoms with van der Waals surface area (Å²) in [6.45, 7) is 3.03. The number of unbranched alkanes of at least 4 members (excludes halogenated alkanes) is 3. The molecule has 0 spiro atoms. The Morgan fingerprint density at radius 1 is 1.32 bits per heavy atom. The predicted octanol–water partition coefficient (Wildman–Crippen LogP) is 0.654. The van der Waals surface area contributed by atoms with Gasteiger partial charge in [-0.25, -0.2) is 5.43 Å². The first-order valence-corrected chi connectivity index (χ1v) is 6.94. The van der Waals surface area contributed by atoms with Crippen molar-refractivity contribution < 1.29 is 14.7 Å². The molecule has 0 radical (unpaired) electrons. The van der Waals surface area contributed by atoms with Gasteiger partial charge < -0.3 is 10.0 Å². The van der Waals surface area contributed by atoms with Gasteiger partial charge in [0.15, 0.2) is 0 Å². The molecule has 6 nitrogen and oxygen atoms in total. The van der Waals surface area contributed by atoms with E-state index in [-0.39, 0.29) is 18.4 Å². The van der Waals surface area contributed by atoms with Crippen LogP contribution < -0.4 is 5.43 Å². The highest BCUT2D eigenvalue weighted by Gasteiger charge is 2.22. The minimum absolute atomic E-state index is 0.0564. The maximum absolute atomic E-state index is 12.2. The number of carbonyl (C=O) groups excluding carboxylic acids is 2. The summed E-state index contributed by atoms with van der Waals surface area (Å²) in [4.78, 5) is 24.8. The van der Waals surface area contributed by atoms with Crippen LogP contribution in [-0.2, 0) is 9.59 Å². The van der Waals surface area contributed by atoms with Crippen molar-refractivity contribution in [1.29, 1.82) is 0 Å². The lowest BCUT2D eigenvalue weighted by molar-refractivity contribution is -0.125. The number of nitrogens with zero attached hydrogens (tertiary/aromatic N) is 2. The normalized spacial score (nSPS) is 14.8. The summed E-state index contributed by atoms with van der Waals surface area (Å²) in [6.07, 6.45) is 4.98. The maximum atomic E-state index is 12.2. The van der Waals surface area contributed by atoms with E-state index >= 15 is 0 Å². The minimum Gasteiger partial charge on any atom is -0.395 e. The summed E-state index contributed by atoms with van der Waals surface area (Å²) < 4.78 is 0. The van der Waals surface area contributed by atoms with Crippen LogP contribution in [0.2, 0.25) is 0 Å². The SMILES string of the molecule is CCCCCCN(CCO)C(=O)C1=NNC(=O)CC1. The number of hydrogen-bond acceptors (Lipinski definition) is 4. The average molecular weight is 269 g/mol. The number of hydrogen-bond donors (Lipinski definition) is 2. The lowest BCUT2D eigenvalue weighted by atomic mass is 10.1. The van der Waals surface area contributed by atoms with E-state index in [4.69, 9.17) is 5.11 Å². The van der Waals surface area contributed by atoms with Crippen LogP contribution in [0.4, 0.5) is 0 Å². The Labute approximate surface area is 113 Å². The number of aliphatic hydroxyl groups excluding tert-OH is 1. The molecule has 6 heteroatoms. The zero-order valence-corrected chi connectivity index (χ0v) is 11.5. The second-order valence-electron chi connectivity index (χ2n) is 4.67. The Morgan fingerprint density at radius 3 is 2.68 bits per heavy atom. The summed E-state index contributed by atoms with van der Waals surface area (Å²) in [5.41, 5.74) is 2.70. The number of carbonyl (C=O) groups is 2. The van der Waals surface area contributed by atoms with Gasteiger partial charge in [-0.15, -0.1) is 0 Å². The Morgan fingerprint density at radius 2 is 2.11 bits per heavy atom. The van der Waals surface area contributed by atoms with E-state index in [9.17, 15) is 9.59 Å². The molecule has 1 rings (SSSR count). The molecule has 0 aromatic rings. The second kappa shape index (κ2) is 8.63. The largest absolute Gasteiger partial charge is 0.395 e. The molecule has 0 fully saturated rings. The van der Waals surface area contributed by atoms with Crippen molar-refractivity contribution in [1.82, 2.24) is 10.3 Å². The Kier molecular flexibility index (Phi) is 7.10. The molecule has 1 heterocycles. The average Bonchev–Trinajstić information content (AvgIpc) is 2.42. The van der Waals surface area contributed by atoms with Crippen LogP contribution in [0, 0.1) is 0 Å². The van der Waals surface area contributed by atoms with E-state index in [0.29, 0.717) is 31.6 Å². The second-order valence-corrected chi connectivity index (χ2v) is 4.67. The van der Waals surface area contributed by atoms with Crippen molar-refractivity contribution in [2.24, 2.45) is 5.10 Å². The molecule has 0 saturated carbocycles. The van der Waals surface area contributed by atoms with Crippen LogP contribution in [0.5, 0.6) is 0 Å². The molecule has 2 N–H and O–H groups in total. The Hall–Kier alpha value is -1.43. The lowest BCUT2D eigenvalue weighted by Crippen LogP contribution is -2.42. The summed E-state index contributed by atoms with van der Waals surface area (Å²) >= 11 is 0. The van der Waals surface area contributed by atoms with Crippen LogP contribution >= 0.6 is 0 Å². The molecule has 0 aromatic carbocycles. The summed E-state index contributed by atoms with van der Waals surface area (Å²) in [5.74, 6) is -0.334. The van der Waals surface area contributed by atoms with Crippen LogP contribution in [0.15, 0.2) is 5.10 Å². The summed E-state index contributed by atoms with van der Waals surface area (Å²) in [7, 11) is 0. The number of hydrazone groups is 1. The standard InChI is InChI=1S/C13H23N3O3/c1-2-3-4-5-8-16(9-10-17)13(19)11-6-7-12(18)15-14-11/h17H,2-10H2,1H3,(H,15,18). The molecule has 0 bridgehead atoms. The van der Waals surface area contributed by atoms with Crippen LogP contribution in [0.1, 0.15) is 45.4 Å². The van der Waals surface area contributed by atoms with Crippen LogP contribution in [-0.4, -0.2) is 47.2 Å². The molecule has 1 aliphatic rings. The monoisotopic (exact) mass is 269 g/mol. The smallest absolute Gasteiger partial charge is 0.270 e. The number of nitrogens with one attached hydrogen (secondary N) is 1. The first kappa shape index (κ1) is 15.6. The molecule has 0 saturated heterocycles. The van der Waals surface area contributed by atoms with E-state index in [1.165, 1.54) is 0 Å². The predicted molar refractivity (Wildman–Crippen MR) is 72.6 cm³/mol. The van der Waals surface area contributed by atoms with Crippen molar-refractivity contribution in [3.8, 4) is 0 Å². The molecular weight excluding hydrogens is 246 g/mol. The van der Waals surface area contributed by atoms with E-state index in [1.807, 2.05) is 0 Å². The maximum Gasteiger partial charge on any atom is 0.270 e. The first-order chi connectivity index (χ1) is 9.19. The highest BCUT2D eigenvalue weighted by atomic mass is 16.3. The van der Waals surface area contributed by atoms with E-state index in [1.54, 1.807) is 4.90 Å². The Balaban J connectivity index is 2.49. The number of rotatable bonds is 8. The van der Waals surface area contributed by atoms with Crippen LogP contribution in [0.25, 0.3) is 0 Å². The van der Waals surface area contributed by atoms with Gasteiger partial charge in [-0.1, -0.05) is 26.2 Å². The lowest BCUT2D eigenvalue weighted by Gasteiger charge is -2.23. The van der Waals surface area contributed by atoms with Crippen molar-refractivity contribution in [3.05, 3.63) is 0 Å². The molecule has 0 aromatic heterocycles. The zero-order chi connectivity index (χ0) is 14.1. The minimum atomic E-state index is -0.175. The van der Waals surface area contributed by atoms with Gasteiger partial charge in [0.05, 0.1) is 6.61 Å². The van der Waals surface area contributed by atoms with Gasteiger partial charge in [0.25, 0.3) is 5.91 Å². The fourth-order valence-corrected chi connectivity index (χ4v) is 1.98. The summed E-state index contributed by atoms with van der Waals surface area (Å²) in [5, 5.41) is 12.8. The van der Waals surface area contributed by atoms with E-state index < -0.39 is 0 Å². The van der Waals surface area contributed by atoms with Crippen molar-refractivity contribution in [3.63, 3.8) is 0 Å². The molecule has 0 atom stereocenters.